The Balaban J connectivity index is 1.25. The molecule has 0 saturated carbocycles. The molecular weight excluding hydrogens is 651 g/mol. The number of hydrogen-bond acceptors (Lipinski definition) is 1. The molecule has 1 heteroatoms. The van der Waals surface area contributed by atoms with Gasteiger partial charge in [0.15, 0.2) is 0 Å². The minimum atomic E-state index is -0.425. The van der Waals surface area contributed by atoms with Crippen LogP contribution in [0.1, 0.15) is 54.2 Å². The van der Waals surface area contributed by atoms with Gasteiger partial charge in [-0.2, -0.15) is 0 Å². The van der Waals surface area contributed by atoms with E-state index < -0.39 is 5.41 Å². The monoisotopic (exact) mass is 691 g/mol. The molecule has 54 heavy (non-hydrogen) atoms. The maximum atomic E-state index is 4.01. The van der Waals surface area contributed by atoms with E-state index in [2.05, 4.69) is 208 Å². The number of benzene rings is 7. The first-order chi connectivity index (χ1) is 26.4. The molecular formula is C53H41N. The normalized spacial score (nSPS) is 16.9. The fourth-order valence-corrected chi connectivity index (χ4v) is 9.92. The number of nitrogens with zero attached hydrogens (tertiary/aromatic N) is 1. The van der Waals surface area contributed by atoms with Gasteiger partial charge in [0, 0.05) is 22.4 Å². The lowest BCUT2D eigenvalue weighted by atomic mass is 9.70. The molecule has 1 nitrogen and oxygen atoms in total. The SMILES string of the molecule is C=C/C=C\C1=C(C)C2(c3ccccc31)c1ccccc1-c1ccc(N(c3ccc4c(c3)C(C)(C)c3ccccc3-4)c3ccccc3-c3ccccc3)cc12. The summed E-state index contributed by atoms with van der Waals surface area (Å²) in [5, 5.41) is 0. The van der Waals surface area contributed by atoms with Crippen molar-refractivity contribution in [1.29, 1.82) is 0 Å². The molecule has 1 unspecified atom stereocenters. The fourth-order valence-electron chi connectivity index (χ4n) is 9.92. The van der Waals surface area contributed by atoms with Crippen molar-refractivity contribution in [2.24, 2.45) is 0 Å². The molecule has 0 fully saturated rings. The van der Waals surface area contributed by atoms with Crippen LogP contribution in [0.4, 0.5) is 17.1 Å². The number of hydrogen-bond donors (Lipinski definition) is 0. The third-order valence-electron chi connectivity index (χ3n) is 12.3. The van der Waals surface area contributed by atoms with Crippen molar-refractivity contribution in [3.8, 4) is 33.4 Å². The molecule has 0 saturated heterocycles. The lowest BCUT2D eigenvalue weighted by Gasteiger charge is -2.33. The van der Waals surface area contributed by atoms with E-state index in [0.29, 0.717) is 0 Å². The van der Waals surface area contributed by atoms with Crippen molar-refractivity contribution in [3.63, 3.8) is 0 Å². The minimum Gasteiger partial charge on any atom is -0.310 e. The van der Waals surface area contributed by atoms with Gasteiger partial charge in [-0.15, -0.1) is 0 Å². The van der Waals surface area contributed by atoms with E-state index in [0.717, 1.165) is 17.1 Å². The molecule has 0 bridgehead atoms. The maximum Gasteiger partial charge on any atom is 0.0686 e. The average Bonchev–Trinajstić information content (AvgIpc) is 3.75. The van der Waals surface area contributed by atoms with Gasteiger partial charge >= 0.3 is 0 Å². The first-order valence-electron chi connectivity index (χ1n) is 19.0. The smallest absolute Gasteiger partial charge is 0.0686 e. The Bertz CT molecular complexity index is 2720. The molecule has 0 heterocycles. The van der Waals surface area contributed by atoms with Crippen molar-refractivity contribution < 1.29 is 0 Å². The molecule has 3 aliphatic rings. The molecule has 3 aliphatic carbocycles. The molecule has 0 radical (unpaired) electrons. The summed E-state index contributed by atoms with van der Waals surface area (Å²) in [6, 6.07) is 60.9. The highest BCUT2D eigenvalue weighted by Crippen LogP contribution is 2.63. The second kappa shape index (κ2) is 12.0. The average molecular weight is 692 g/mol. The largest absolute Gasteiger partial charge is 0.310 e. The first-order valence-corrected chi connectivity index (χ1v) is 19.0. The van der Waals surface area contributed by atoms with Gasteiger partial charge in [-0.3, -0.25) is 0 Å². The van der Waals surface area contributed by atoms with Crippen LogP contribution in [-0.2, 0) is 10.8 Å². The summed E-state index contributed by atoms with van der Waals surface area (Å²) in [5.74, 6) is 0. The van der Waals surface area contributed by atoms with E-state index in [4.69, 9.17) is 0 Å². The van der Waals surface area contributed by atoms with E-state index >= 15 is 0 Å². The highest BCUT2D eigenvalue weighted by Gasteiger charge is 2.51. The predicted octanol–water partition coefficient (Wildman–Crippen LogP) is 14.0. The van der Waals surface area contributed by atoms with Gasteiger partial charge in [0.25, 0.3) is 0 Å². The molecule has 0 N–H and O–H groups in total. The number of fused-ring (bicyclic) bond motifs is 10. The van der Waals surface area contributed by atoms with Crippen LogP contribution in [0.5, 0.6) is 0 Å². The summed E-state index contributed by atoms with van der Waals surface area (Å²) in [4.78, 5) is 2.50. The van der Waals surface area contributed by atoms with E-state index in [1.165, 1.54) is 77.9 Å². The zero-order valence-corrected chi connectivity index (χ0v) is 31.0. The Kier molecular flexibility index (Phi) is 7.19. The Morgan fingerprint density at radius 3 is 1.67 bits per heavy atom. The summed E-state index contributed by atoms with van der Waals surface area (Å²) in [7, 11) is 0. The van der Waals surface area contributed by atoms with Gasteiger partial charge in [-0.25, -0.2) is 0 Å². The van der Waals surface area contributed by atoms with Gasteiger partial charge in [0.05, 0.1) is 11.1 Å². The zero-order valence-electron chi connectivity index (χ0n) is 31.0. The van der Waals surface area contributed by atoms with E-state index in [1.807, 2.05) is 6.08 Å². The van der Waals surface area contributed by atoms with Gasteiger partial charge in [-0.1, -0.05) is 172 Å². The quantitative estimate of drug-likeness (QED) is 0.157. The first kappa shape index (κ1) is 32.2. The Hall–Kier alpha value is -6.44. The summed E-state index contributed by atoms with van der Waals surface area (Å²) in [6.07, 6.45) is 6.19. The Morgan fingerprint density at radius 1 is 0.481 bits per heavy atom. The van der Waals surface area contributed by atoms with Crippen molar-refractivity contribution in [3.05, 3.63) is 228 Å². The molecule has 0 aromatic heterocycles. The Labute approximate surface area is 318 Å². The maximum absolute atomic E-state index is 4.01. The molecule has 7 aromatic rings. The molecule has 1 spiro atoms. The van der Waals surface area contributed by atoms with Crippen molar-refractivity contribution in [2.75, 3.05) is 4.90 Å². The fraction of sp³-hybridized carbons (Fsp3) is 0.0943. The number of allylic oxidation sites excluding steroid dienone is 5. The molecule has 1 atom stereocenters. The second-order valence-corrected chi connectivity index (χ2v) is 15.3. The van der Waals surface area contributed by atoms with Gasteiger partial charge in [0.1, 0.15) is 0 Å². The van der Waals surface area contributed by atoms with Crippen LogP contribution in [0.2, 0.25) is 0 Å². The predicted molar refractivity (Wildman–Crippen MR) is 228 cm³/mol. The standard InChI is InChI=1S/C53H41N/c1-5-6-20-39-35(2)53(47-26-15-11-22-41(39)47)48-27-16-12-24-43(48)45-32-30-38(34-50(45)53)54(51-28-17-13-21-40(51)36-18-8-7-9-19-36)37-29-31-44-42-23-10-14-25-46(42)52(3,4)49(44)33-37/h5-34H,1H2,2-4H3/b20-6-. The van der Waals surface area contributed by atoms with Gasteiger partial charge in [-0.05, 0) is 110 Å². The van der Waals surface area contributed by atoms with Gasteiger partial charge < -0.3 is 4.90 Å². The van der Waals surface area contributed by atoms with Gasteiger partial charge in [0.2, 0.25) is 0 Å². The Morgan fingerprint density at radius 2 is 0.981 bits per heavy atom. The lowest BCUT2D eigenvalue weighted by Crippen LogP contribution is -2.26. The van der Waals surface area contributed by atoms with Crippen molar-refractivity contribution in [2.45, 2.75) is 31.6 Å². The lowest BCUT2D eigenvalue weighted by molar-refractivity contribution is 0.660. The highest BCUT2D eigenvalue weighted by atomic mass is 15.1. The number of para-hydroxylation sites is 1. The summed E-state index contributed by atoms with van der Waals surface area (Å²) in [5.41, 5.74) is 21.2. The second-order valence-electron chi connectivity index (χ2n) is 15.3. The van der Waals surface area contributed by atoms with Crippen LogP contribution < -0.4 is 4.90 Å². The van der Waals surface area contributed by atoms with Crippen LogP contribution in [-0.4, -0.2) is 0 Å². The van der Waals surface area contributed by atoms with E-state index in [1.54, 1.807) is 0 Å². The van der Waals surface area contributed by atoms with Crippen LogP contribution in [0.25, 0.3) is 39.0 Å². The topological polar surface area (TPSA) is 3.24 Å². The third-order valence-corrected chi connectivity index (χ3v) is 12.3. The zero-order chi connectivity index (χ0) is 36.6. The van der Waals surface area contributed by atoms with Crippen molar-refractivity contribution in [1.82, 2.24) is 0 Å². The molecule has 7 aromatic carbocycles. The summed E-state index contributed by atoms with van der Waals surface area (Å²) >= 11 is 0. The van der Waals surface area contributed by atoms with E-state index in [-0.39, 0.29) is 5.41 Å². The molecule has 0 aliphatic heterocycles. The molecule has 258 valence electrons. The van der Waals surface area contributed by atoms with Crippen LogP contribution in [0, 0.1) is 0 Å². The summed E-state index contributed by atoms with van der Waals surface area (Å²) in [6.45, 7) is 11.1. The van der Waals surface area contributed by atoms with E-state index in [9.17, 15) is 0 Å². The van der Waals surface area contributed by atoms with Crippen molar-refractivity contribution >= 4 is 22.6 Å². The van der Waals surface area contributed by atoms with Crippen LogP contribution >= 0.6 is 0 Å². The van der Waals surface area contributed by atoms with Crippen LogP contribution in [0.15, 0.2) is 194 Å². The highest BCUT2D eigenvalue weighted by molar-refractivity contribution is 5.98. The number of anilines is 3. The van der Waals surface area contributed by atoms with Crippen LogP contribution in [0.3, 0.4) is 0 Å². The molecule has 10 rings (SSSR count). The third kappa shape index (κ3) is 4.39. The summed E-state index contributed by atoms with van der Waals surface area (Å²) < 4.78 is 0. The number of rotatable bonds is 6. The minimum absolute atomic E-state index is 0.124. The molecule has 0 amide bonds.